The van der Waals surface area contributed by atoms with E-state index in [-0.39, 0.29) is 11.9 Å². The van der Waals surface area contributed by atoms with Gasteiger partial charge in [0.15, 0.2) is 0 Å². The van der Waals surface area contributed by atoms with E-state index in [4.69, 9.17) is 5.11 Å². The van der Waals surface area contributed by atoms with Gasteiger partial charge in [-0.1, -0.05) is 38.1 Å². The van der Waals surface area contributed by atoms with E-state index >= 15 is 0 Å². The van der Waals surface area contributed by atoms with Crippen molar-refractivity contribution in [2.75, 3.05) is 0 Å². The fraction of sp³-hybridized carbons (Fsp3) is 0.500. The molecule has 0 aromatic heterocycles. The van der Waals surface area contributed by atoms with Crippen molar-refractivity contribution < 1.29 is 14.7 Å². The average Bonchev–Trinajstić information content (AvgIpc) is 2.46. The first kappa shape index (κ1) is 14.6. The standard InChI is InChI=1S/C16H21NO3/c1-10(11(2)16(19)20)15(18)17-14-9-5-7-12-6-3-4-8-13(12)14/h3-4,6,8,10-11,14H,5,7,9H2,1-2H3,(H,17,18)(H,19,20). The first-order valence-corrected chi connectivity index (χ1v) is 7.11. The first-order chi connectivity index (χ1) is 9.50. The molecule has 20 heavy (non-hydrogen) atoms. The lowest BCUT2D eigenvalue weighted by atomic mass is 9.87. The summed E-state index contributed by atoms with van der Waals surface area (Å²) in [4.78, 5) is 23.1. The van der Waals surface area contributed by atoms with Crippen molar-refractivity contribution in [3.05, 3.63) is 35.4 Å². The summed E-state index contributed by atoms with van der Waals surface area (Å²) in [5.41, 5.74) is 2.45. The zero-order valence-electron chi connectivity index (χ0n) is 11.9. The lowest BCUT2D eigenvalue weighted by Crippen LogP contribution is -2.38. The molecule has 1 aliphatic rings. The molecule has 0 saturated carbocycles. The predicted molar refractivity (Wildman–Crippen MR) is 76.2 cm³/mol. The first-order valence-electron chi connectivity index (χ1n) is 7.11. The average molecular weight is 275 g/mol. The van der Waals surface area contributed by atoms with Gasteiger partial charge in [-0.05, 0) is 30.4 Å². The van der Waals surface area contributed by atoms with E-state index in [1.54, 1.807) is 13.8 Å². The van der Waals surface area contributed by atoms with Gasteiger partial charge in [0, 0.05) is 5.92 Å². The van der Waals surface area contributed by atoms with Crippen molar-refractivity contribution in [2.24, 2.45) is 11.8 Å². The Kier molecular flexibility index (Phi) is 4.42. The molecule has 3 unspecified atom stereocenters. The Bertz CT molecular complexity index is 512. The third-order valence-corrected chi connectivity index (χ3v) is 4.24. The maximum absolute atomic E-state index is 12.2. The summed E-state index contributed by atoms with van der Waals surface area (Å²) >= 11 is 0. The molecular weight excluding hydrogens is 254 g/mol. The molecule has 3 atom stereocenters. The van der Waals surface area contributed by atoms with Crippen LogP contribution in [0.4, 0.5) is 0 Å². The lowest BCUT2D eigenvalue weighted by Gasteiger charge is -2.28. The van der Waals surface area contributed by atoms with Crippen LogP contribution in [-0.2, 0) is 16.0 Å². The number of aryl methyl sites for hydroxylation is 1. The van der Waals surface area contributed by atoms with Crippen LogP contribution in [0, 0.1) is 11.8 Å². The summed E-state index contributed by atoms with van der Waals surface area (Å²) < 4.78 is 0. The monoisotopic (exact) mass is 275 g/mol. The molecule has 0 saturated heterocycles. The number of hydrogen-bond donors (Lipinski definition) is 2. The van der Waals surface area contributed by atoms with Gasteiger partial charge < -0.3 is 10.4 Å². The summed E-state index contributed by atoms with van der Waals surface area (Å²) in [5.74, 6) is -2.31. The molecule has 108 valence electrons. The van der Waals surface area contributed by atoms with Gasteiger partial charge in [0.25, 0.3) is 0 Å². The fourth-order valence-electron chi connectivity index (χ4n) is 2.65. The third-order valence-electron chi connectivity index (χ3n) is 4.24. The van der Waals surface area contributed by atoms with Gasteiger partial charge in [-0.15, -0.1) is 0 Å². The summed E-state index contributed by atoms with van der Waals surface area (Å²) in [6.07, 6.45) is 3.01. The van der Waals surface area contributed by atoms with E-state index in [2.05, 4.69) is 11.4 Å². The number of carbonyl (C=O) groups excluding carboxylic acids is 1. The van der Waals surface area contributed by atoms with Crippen LogP contribution in [0.1, 0.15) is 43.9 Å². The maximum atomic E-state index is 12.2. The highest BCUT2D eigenvalue weighted by Gasteiger charge is 2.28. The van der Waals surface area contributed by atoms with Gasteiger partial charge in [0.05, 0.1) is 12.0 Å². The molecule has 2 N–H and O–H groups in total. The number of carbonyl (C=O) groups is 2. The van der Waals surface area contributed by atoms with Gasteiger partial charge in [0.1, 0.15) is 0 Å². The predicted octanol–water partition coefficient (Wildman–Crippen LogP) is 2.54. The van der Waals surface area contributed by atoms with Crippen molar-refractivity contribution in [1.82, 2.24) is 5.32 Å². The zero-order valence-corrected chi connectivity index (χ0v) is 11.9. The Morgan fingerprint density at radius 1 is 1.25 bits per heavy atom. The van der Waals surface area contributed by atoms with E-state index < -0.39 is 17.8 Å². The second kappa shape index (κ2) is 6.07. The molecule has 0 radical (unpaired) electrons. The molecule has 4 nitrogen and oxygen atoms in total. The van der Waals surface area contributed by atoms with Crippen molar-refractivity contribution in [2.45, 2.75) is 39.2 Å². The van der Waals surface area contributed by atoms with Crippen molar-refractivity contribution >= 4 is 11.9 Å². The molecule has 2 rings (SSSR count). The van der Waals surface area contributed by atoms with Crippen molar-refractivity contribution in [3.63, 3.8) is 0 Å². The van der Waals surface area contributed by atoms with Gasteiger partial charge in [0.2, 0.25) is 5.91 Å². The number of carboxylic acid groups (broad SMARTS) is 1. The quantitative estimate of drug-likeness (QED) is 0.887. The largest absolute Gasteiger partial charge is 0.481 e. The minimum absolute atomic E-state index is 0.0101. The van der Waals surface area contributed by atoms with E-state index in [0.717, 1.165) is 19.3 Å². The summed E-state index contributed by atoms with van der Waals surface area (Å²) in [6, 6.07) is 8.14. The Labute approximate surface area is 119 Å². The van der Waals surface area contributed by atoms with Crippen LogP contribution in [0.5, 0.6) is 0 Å². The Balaban J connectivity index is 2.08. The van der Waals surface area contributed by atoms with Crippen molar-refractivity contribution in [3.8, 4) is 0 Å². The van der Waals surface area contributed by atoms with Crippen LogP contribution >= 0.6 is 0 Å². The minimum atomic E-state index is -0.934. The molecule has 1 aliphatic carbocycles. The zero-order chi connectivity index (χ0) is 14.7. The van der Waals surface area contributed by atoms with Crippen LogP contribution in [-0.4, -0.2) is 17.0 Å². The second-order valence-corrected chi connectivity index (χ2v) is 5.57. The van der Waals surface area contributed by atoms with Crippen LogP contribution in [0.2, 0.25) is 0 Å². The molecular formula is C16H21NO3. The smallest absolute Gasteiger partial charge is 0.307 e. The topological polar surface area (TPSA) is 66.4 Å². The van der Waals surface area contributed by atoms with E-state index in [1.807, 2.05) is 18.2 Å². The molecule has 0 fully saturated rings. The molecule has 0 heterocycles. The third kappa shape index (κ3) is 3.00. The molecule has 0 bridgehead atoms. The molecule has 0 aliphatic heterocycles. The number of carboxylic acids is 1. The van der Waals surface area contributed by atoms with Gasteiger partial charge in [-0.3, -0.25) is 9.59 Å². The van der Waals surface area contributed by atoms with Gasteiger partial charge in [-0.25, -0.2) is 0 Å². The molecule has 4 heteroatoms. The van der Waals surface area contributed by atoms with Crippen LogP contribution in [0.25, 0.3) is 0 Å². The number of nitrogens with one attached hydrogen (secondary N) is 1. The maximum Gasteiger partial charge on any atom is 0.307 e. The molecule has 1 aromatic carbocycles. The van der Waals surface area contributed by atoms with Gasteiger partial charge in [-0.2, -0.15) is 0 Å². The normalized spacial score (nSPS) is 20.6. The Hall–Kier alpha value is -1.84. The lowest BCUT2D eigenvalue weighted by molar-refractivity contribution is -0.146. The van der Waals surface area contributed by atoms with E-state index in [9.17, 15) is 9.59 Å². The van der Waals surface area contributed by atoms with Crippen LogP contribution < -0.4 is 5.32 Å². The number of hydrogen-bond acceptors (Lipinski definition) is 2. The number of benzene rings is 1. The highest BCUT2D eigenvalue weighted by atomic mass is 16.4. The van der Waals surface area contributed by atoms with E-state index in [0.29, 0.717) is 0 Å². The summed E-state index contributed by atoms with van der Waals surface area (Å²) in [5, 5.41) is 12.0. The van der Waals surface area contributed by atoms with E-state index in [1.165, 1.54) is 11.1 Å². The summed E-state index contributed by atoms with van der Waals surface area (Å²) in [6.45, 7) is 3.24. The highest BCUT2D eigenvalue weighted by Crippen LogP contribution is 2.29. The van der Waals surface area contributed by atoms with Crippen LogP contribution in [0.15, 0.2) is 24.3 Å². The Morgan fingerprint density at radius 2 is 1.95 bits per heavy atom. The molecule has 0 spiro atoms. The number of amides is 1. The number of fused-ring (bicyclic) bond motifs is 1. The van der Waals surface area contributed by atoms with Crippen molar-refractivity contribution in [1.29, 1.82) is 0 Å². The van der Waals surface area contributed by atoms with Crippen LogP contribution in [0.3, 0.4) is 0 Å². The minimum Gasteiger partial charge on any atom is -0.481 e. The highest BCUT2D eigenvalue weighted by molar-refractivity contribution is 5.84. The molecule has 1 aromatic rings. The van der Waals surface area contributed by atoms with Gasteiger partial charge >= 0.3 is 5.97 Å². The second-order valence-electron chi connectivity index (χ2n) is 5.57. The number of aliphatic carboxylic acids is 1. The fourth-order valence-corrected chi connectivity index (χ4v) is 2.65. The molecule has 1 amide bonds. The SMILES string of the molecule is CC(C(=O)O)C(C)C(=O)NC1CCCc2ccccc21. The number of rotatable bonds is 4. The Morgan fingerprint density at radius 3 is 2.65 bits per heavy atom. The summed E-state index contributed by atoms with van der Waals surface area (Å²) in [7, 11) is 0.